The lowest BCUT2D eigenvalue weighted by atomic mass is 9.87. The van der Waals surface area contributed by atoms with E-state index in [1.54, 1.807) is 0 Å². The van der Waals surface area contributed by atoms with E-state index in [4.69, 9.17) is 0 Å². The standard InChI is InChI=1S/C15H22F2N2/c1-9(2)11-10-7-6-8-15(16,17)12(10)19-13(18-11)14(3,4)5/h9H,6-8H2,1-5H3. The summed E-state index contributed by atoms with van der Waals surface area (Å²) in [5.41, 5.74) is 1.14. The van der Waals surface area contributed by atoms with E-state index in [0.717, 1.165) is 5.69 Å². The van der Waals surface area contributed by atoms with E-state index >= 15 is 0 Å². The Bertz CT molecular complexity index is 488. The molecule has 0 saturated carbocycles. The van der Waals surface area contributed by atoms with Crippen molar-refractivity contribution in [2.24, 2.45) is 0 Å². The van der Waals surface area contributed by atoms with Crippen LogP contribution in [0.2, 0.25) is 0 Å². The molecular formula is C15H22F2N2. The van der Waals surface area contributed by atoms with Crippen LogP contribution in [0, 0.1) is 0 Å². The second-order valence-corrected chi connectivity index (χ2v) is 6.72. The highest BCUT2D eigenvalue weighted by Gasteiger charge is 2.41. The van der Waals surface area contributed by atoms with Gasteiger partial charge in [0.25, 0.3) is 5.92 Å². The third-order valence-electron chi connectivity index (χ3n) is 3.52. The molecule has 0 unspecified atom stereocenters. The Morgan fingerprint density at radius 1 is 1.16 bits per heavy atom. The summed E-state index contributed by atoms with van der Waals surface area (Å²) in [6, 6.07) is 0. The molecule has 1 aromatic heterocycles. The molecule has 1 aromatic rings. The molecule has 1 aliphatic rings. The lowest BCUT2D eigenvalue weighted by Gasteiger charge is -2.29. The van der Waals surface area contributed by atoms with Gasteiger partial charge in [-0.15, -0.1) is 0 Å². The number of halogens is 2. The number of aromatic nitrogens is 2. The van der Waals surface area contributed by atoms with Gasteiger partial charge in [-0.3, -0.25) is 0 Å². The van der Waals surface area contributed by atoms with Gasteiger partial charge >= 0.3 is 0 Å². The van der Waals surface area contributed by atoms with Crippen LogP contribution < -0.4 is 0 Å². The van der Waals surface area contributed by atoms with Crippen LogP contribution in [0.15, 0.2) is 0 Å². The molecule has 0 amide bonds. The van der Waals surface area contributed by atoms with E-state index in [2.05, 4.69) is 9.97 Å². The third kappa shape index (κ3) is 2.63. The van der Waals surface area contributed by atoms with E-state index in [-0.39, 0.29) is 23.4 Å². The SMILES string of the molecule is CC(C)c1nc(C(C)(C)C)nc2c1CCCC2(F)F. The van der Waals surface area contributed by atoms with E-state index < -0.39 is 5.92 Å². The monoisotopic (exact) mass is 268 g/mol. The highest BCUT2D eigenvalue weighted by Crippen LogP contribution is 2.41. The van der Waals surface area contributed by atoms with Crippen LogP contribution in [-0.4, -0.2) is 9.97 Å². The summed E-state index contributed by atoms with van der Waals surface area (Å²) in [5, 5.41) is 0. The summed E-state index contributed by atoms with van der Waals surface area (Å²) in [6.07, 6.45) is 1.08. The van der Waals surface area contributed by atoms with Crippen molar-refractivity contribution in [2.45, 2.75) is 71.1 Å². The zero-order chi connectivity index (χ0) is 14.4. The predicted octanol–water partition coefficient (Wildman–Crippen LogP) is 4.33. The van der Waals surface area contributed by atoms with Crippen molar-refractivity contribution >= 4 is 0 Å². The molecule has 0 saturated heterocycles. The molecular weight excluding hydrogens is 246 g/mol. The zero-order valence-corrected chi connectivity index (χ0v) is 12.3. The normalized spacial score (nSPS) is 18.5. The maximum Gasteiger partial charge on any atom is 0.290 e. The average Bonchev–Trinajstić information content (AvgIpc) is 2.26. The van der Waals surface area contributed by atoms with E-state index in [1.807, 2.05) is 34.6 Å². The first kappa shape index (κ1) is 14.4. The molecule has 0 atom stereocenters. The number of rotatable bonds is 1. The Labute approximate surface area is 113 Å². The minimum absolute atomic E-state index is 0.0256. The maximum absolute atomic E-state index is 14.1. The summed E-state index contributed by atoms with van der Waals surface area (Å²) in [6.45, 7) is 9.88. The fourth-order valence-electron chi connectivity index (χ4n) is 2.47. The van der Waals surface area contributed by atoms with Crippen molar-refractivity contribution in [3.63, 3.8) is 0 Å². The highest BCUT2D eigenvalue weighted by molar-refractivity contribution is 5.34. The molecule has 2 nitrogen and oxygen atoms in total. The van der Waals surface area contributed by atoms with Crippen LogP contribution in [0.5, 0.6) is 0 Å². The van der Waals surface area contributed by atoms with E-state index in [1.165, 1.54) is 0 Å². The van der Waals surface area contributed by atoms with Crippen LogP contribution in [0.1, 0.15) is 76.2 Å². The third-order valence-corrected chi connectivity index (χ3v) is 3.52. The molecule has 1 heterocycles. The molecule has 0 aromatic carbocycles. The molecule has 106 valence electrons. The average molecular weight is 268 g/mol. The smallest absolute Gasteiger partial charge is 0.237 e. The fourth-order valence-corrected chi connectivity index (χ4v) is 2.47. The minimum Gasteiger partial charge on any atom is -0.237 e. The second kappa shape index (κ2) is 4.50. The van der Waals surface area contributed by atoms with Crippen molar-refractivity contribution in [2.75, 3.05) is 0 Å². The Morgan fingerprint density at radius 3 is 2.32 bits per heavy atom. The molecule has 0 fully saturated rings. The van der Waals surface area contributed by atoms with E-state index in [0.29, 0.717) is 24.2 Å². The summed E-state index contributed by atoms with van der Waals surface area (Å²) in [5.74, 6) is -2.14. The quantitative estimate of drug-likeness (QED) is 0.757. The molecule has 0 aliphatic heterocycles. The largest absolute Gasteiger partial charge is 0.290 e. The molecule has 0 bridgehead atoms. The first-order chi connectivity index (χ1) is 8.63. The Hall–Kier alpha value is -1.06. The number of alkyl halides is 2. The molecule has 4 heteroatoms. The van der Waals surface area contributed by atoms with Crippen LogP contribution in [0.3, 0.4) is 0 Å². The number of hydrogen-bond donors (Lipinski definition) is 0. The first-order valence-electron chi connectivity index (χ1n) is 6.92. The van der Waals surface area contributed by atoms with Gasteiger partial charge in [0.05, 0.1) is 5.69 Å². The van der Waals surface area contributed by atoms with Gasteiger partial charge < -0.3 is 0 Å². The van der Waals surface area contributed by atoms with Gasteiger partial charge in [0.2, 0.25) is 0 Å². The Kier molecular flexibility index (Phi) is 3.40. The summed E-state index contributed by atoms with van der Waals surface area (Å²) in [4.78, 5) is 8.80. The zero-order valence-electron chi connectivity index (χ0n) is 12.3. The number of hydrogen-bond acceptors (Lipinski definition) is 2. The lowest BCUT2D eigenvalue weighted by Crippen LogP contribution is -2.29. The van der Waals surface area contributed by atoms with Gasteiger partial charge in [-0.05, 0) is 18.8 Å². The molecule has 0 radical (unpaired) electrons. The number of nitrogens with zero attached hydrogens (tertiary/aromatic N) is 2. The Morgan fingerprint density at radius 2 is 1.79 bits per heavy atom. The summed E-state index contributed by atoms with van der Waals surface area (Å²) >= 11 is 0. The highest BCUT2D eigenvalue weighted by atomic mass is 19.3. The molecule has 0 spiro atoms. The lowest BCUT2D eigenvalue weighted by molar-refractivity contribution is -0.0271. The van der Waals surface area contributed by atoms with Gasteiger partial charge in [0, 0.05) is 17.4 Å². The van der Waals surface area contributed by atoms with Crippen LogP contribution in [-0.2, 0) is 17.8 Å². The minimum atomic E-state index is -2.81. The summed E-state index contributed by atoms with van der Waals surface area (Å²) in [7, 11) is 0. The van der Waals surface area contributed by atoms with Gasteiger partial charge in [-0.1, -0.05) is 34.6 Å². The second-order valence-electron chi connectivity index (χ2n) is 6.72. The molecule has 1 aliphatic carbocycles. The van der Waals surface area contributed by atoms with Crippen LogP contribution in [0.25, 0.3) is 0 Å². The van der Waals surface area contributed by atoms with Crippen molar-refractivity contribution in [1.29, 1.82) is 0 Å². The van der Waals surface area contributed by atoms with Gasteiger partial charge in [-0.2, -0.15) is 8.78 Å². The Balaban J connectivity index is 2.69. The van der Waals surface area contributed by atoms with Crippen molar-refractivity contribution < 1.29 is 8.78 Å². The van der Waals surface area contributed by atoms with Crippen LogP contribution in [0.4, 0.5) is 8.78 Å². The van der Waals surface area contributed by atoms with Crippen LogP contribution >= 0.6 is 0 Å². The molecule has 0 N–H and O–H groups in total. The van der Waals surface area contributed by atoms with Crippen molar-refractivity contribution in [3.05, 3.63) is 22.8 Å². The van der Waals surface area contributed by atoms with E-state index in [9.17, 15) is 8.78 Å². The topological polar surface area (TPSA) is 25.8 Å². The molecule has 19 heavy (non-hydrogen) atoms. The van der Waals surface area contributed by atoms with Crippen molar-refractivity contribution in [3.8, 4) is 0 Å². The van der Waals surface area contributed by atoms with Gasteiger partial charge in [0.1, 0.15) is 11.5 Å². The fraction of sp³-hybridized carbons (Fsp3) is 0.733. The predicted molar refractivity (Wildman–Crippen MR) is 71.7 cm³/mol. The maximum atomic E-state index is 14.1. The van der Waals surface area contributed by atoms with Crippen molar-refractivity contribution in [1.82, 2.24) is 9.97 Å². The number of fused-ring (bicyclic) bond motifs is 1. The van der Waals surface area contributed by atoms with Gasteiger partial charge in [0.15, 0.2) is 0 Å². The first-order valence-corrected chi connectivity index (χ1v) is 6.92. The molecule has 2 rings (SSSR count). The summed E-state index contributed by atoms with van der Waals surface area (Å²) < 4.78 is 28.2. The van der Waals surface area contributed by atoms with Gasteiger partial charge in [-0.25, -0.2) is 9.97 Å².